The van der Waals surface area contributed by atoms with Gasteiger partial charge in [-0.25, -0.2) is 0 Å². The minimum Gasteiger partial charge on any atom is -0.496 e. The van der Waals surface area contributed by atoms with Gasteiger partial charge in [0.15, 0.2) is 0 Å². The molecule has 3 aromatic carbocycles. The zero-order valence-corrected chi connectivity index (χ0v) is 26.8. The van der Waals surface area contributed by atoms with Crippen LogP contribution in [0.5, 0.6) is 5.75 Å². The van der Waals surface area contributed by atoms with E-state index in [1.807, 2.05) is 12.1 Å². The Balaban J connectivity index is 1.15. The van der Waals surface area contributed by atoms with Crippen LogP contribution < -0.4 is 10.1 Å². The van der Waals surface area contributed by atoms with Gasteiger partial charge in [0.25, 0.3) is 11.8 Å². The minimum atomic E-state index is 0.00932. The predicted molar refractivity (Wildman–Crippen MR) is 180 cm³/mol. The van der Waals surface area contributed by atoms with Crippen molar-refractivity contribution in [1.29, 1.82) is 0 Å². The van der Waals surface area contributed by atoms with Crippen LogP contribution in [0.25, 0.3) is 42.7 Å². The predicted octanol–water partition coefficient (Wildman–Crippen LogP) is 8.03. The maximum absolute atomic E-state index is 13.8. The van der Waals surface area contributed by atoms with E-state index in [0.29, 0.717) is 30.3 Å². The van der Waals surface area contributed by atoms with Gasteiger partial charge in [0.1, 0.15) is 5.75 Å². The number of amides is 2. The summed E-state index contributed by atoms with van der Waals surface area (Å²) in [6.45, 7) is 6.97. The van der Waals surface area contributed by atoms with Crippen LogP contribution >= 0.6 is 11.3 Å². The van der Waals surface area contributed by atoms with Crippen molar-refractivity contribution in [3.63, 3.8) is 0 Å². The van der Waals surface area contributed by atoms with E-state index in [4.69, 9.17) is 4.74 Å². The number of fused-ring (bicyclic) bond motifs is 5. The molecule has 228 valence electrons. The monoisotopic (exact) mass is 615 g/mol. The average Bonchev–Trinajstić information content (AvgIpc) is 3.26. The first-order chi connectivity index (χ1) is 21.9. The van der Waals surface area contributed by atoms with E-state index < -0.39 is 0 Å². The SMILES string of the molecule is COc1cc(C(=O)N2CC3CCC2[C@@H]3C)cc2sc(-c3cc4ccc(-c5ccc6c(c5)C(=O)NC6)cc4n3CC3CC3)c(C)c12. The molecule has 2 aliphatic carbocycles. The van der Waals surface area contributed by atoms with Gasteiger partial charge in [0.2, 0.25) is 0 Å². The van der Waals surface area contributed by atoms with E-state index in [9.17, 15) is 9.59 Å². The van der Waals surface area contributed by atoms with Gasteiger partial charge in [-0.15, -0.1) is 11.3 Å². The highest BCUT2D eigenvalue weighted by Gasteiger charge is 2.46. The summed E-state index contributed by atoms with van der Waals surface area (Å²) in [6.07, 6.45) is 4.89. The quantitative estimate of drug-likeness (QED) is 0.210. The van der Waals surface area contributed by atoms with Crippen molar-refractivity contribution in [2.75, 3.05) is 13.7 Å². The molecule has 7 heteroatoms. The van der Waals surface area contributed by atoms with Crippen LogP contribution in [-0.4, -0.2) is 41.0 Å². The molecule has 4 heterocycles. The highest BCUT2D eigenvalue weighted by atomic mass is 32.1. The van der Waals surface area contributed by atoms with E-state index in [0.717, 1.165) is 63.2 Å². The third kappa shape index (κ3) is 4.19. The van der Waals surface area contributed by atoms with Gasteiger partial charge in [-0.3, -0.25) is 9.59 Å². The van der Waals surface area contributed by atoms with Crippen molar-refractivity contribution in [3.8, 4) is 27.4 Å². The number of carbonyl (C=O) groups is 2. The van der Waals surface area contributed by atoms with Gasteiger partial charge in [-0.2, -0.15) is 0 Å². The van der Waals surface area contributed by atoms with Gasteiger partial charge in [-0.1, -0.05) is 31.2 Å². The second kappa shape index (κ2) is 9.95. The summed E-state index contributed by atoms with van der Waals surface area (Å²) in [5.74, 6) is 2.85. The number of likely N-dealkylation sites (tertiary alicyclic amines) is 1. The fourth-order valence-electron chi connectivity index (χ4n) is 8.35. The van der Waals surface area contributed by atoms with Gasteiger partial charge in [0, 0.05) is 57.8 Å². The van der Waals surface area contributed by atoms with E-state index in [1.165, 1.54) is 46.3 Å². The first-order valence-corrected chi connectivity index (χ1v) is 17.2. The Kier molecular flexibility index (Phi) is 6.02. The standard InChI is InChI=1S/C38H37N3O3S/c1-20-27-10-11-30(20)41(19-27)38(43)28-15-33(44-3)35-21(2)36(45-34(35)16-28)32-14-25-8-6-24(13-31(25)40(32)18-22-4-5-22)23-7-9-26-17-39-37(42)29(26)12-23/h6-9,12-16,20,22,27,30H,4-5,10-11,17-19H2,1-3H3,(H,39,42)/t20-,27?,30?/m1/s1. The molecule has 1 N–H and O–H groups in total. The fraction of sp³-hybridized carbons (Fsp3) is 0.368. The number of aryl methyl sites for hydroxylation is 1. The Morgan fingerprint density at radius 3 is 2.60 bits per heavy atom. The molecule has 3 fully saturated rings. The third-order valence-electron chi connectivity index (χ3n) is 11.1. The molecule has 1 saturated heterocycles. The minimum absolute atomic E-state index is 0.00932. The highest BCUT2D eigenvalue weighted by Crippen LogP contribution is 2.47. The number of ether oxygens (including phenoxy) is 1. The molecule has 5 aromatic rings. The lowest BCUT2D eigenvalue weighted by molar-refractivity contribution is 0.0695. The summed E-state index contributed by atoms with van der Waals surface area (Å²) in [6, 6.07) is 19.7. The fourth-order valence-corrected chi connectivity index (χ4v) is 9.64. The molecule has 2 aliphatic heterocycles. The van der Waals surface area contributed by atoms with Crippen molar-refractivity contribution < 1.29 is 14.3 Å². The number of benzene rings is 3. The van der Waals surface area contributed by atoms with Crippen LogP contribution in [0, 0.1) is 24.7 Å². The van der Waals surface area contributed by atoms with Gasteiger partial charge < -0.3 is 19.5 Å². The molecule has 2 unspecified atom stereocenters. The van der Waals surface area contributed by atoms with E-state index in [1.54, 1.807) is 18.4 Å². The number of carbonyl (C=O) groups excluding carboxylic acids is 2. The second-order valence-electron chi connectivity index (χ2n) is 13.7. The summed E-state index contributed by atoms with van der Waals surface area (Å²) >= 11 is 1.77. The number of hydrogen-bond acceptors (Lipinski definition) is 4. The lowest BCUT2D eigenvalue weighted by atomic mass is 9.99. The van der Waals surface area contributed by atoms with Crippen LogP contribution in [0.15, 0.2) is 54.6 Å². The van der Waals surface area contributed by atoms with Crippen LogP contribution in [0.3, 0.4) is 0 Å². The van der Waals surface area contributed by atoms with Crippen LogP contribution in [0.2, 0.25) is 0 Å². The zero-order valence-electron chi connectivity index (χ0n) is 26.0. The Labute approximate surface area is 267 Å². The summed E-state index contributed by atoms with van der Waals surface area (Å²) in [5.41, 5.74) is 8.40. The highest BCUT2D eigenvalue weighted by molar-refractivity contribution is 7.22. The number of piperidine rings is 1. The topological polar surface area (TPSA) is 63.6 Å². The van der Waals surface area contributed by atoms with Crippen molar-refractivity contribution in [2.45, 2.75) is 58.7 Å². The van der Waals surface area contributed by atoms with Crippen molar-refractivity contribution in [1.82, 2.24) is 14.8 Å². The lowest BCUT2D eigenvalue weighted by Gasteiger charge is -2.27. The number of nitrogens with one attached hydrogen (secondary N) is 1. The molecule has 0 radical (unpaired) electrons. The van der Waals surface area contributed by atoms with Crippen LogP contribution in [-0.2, 0) is 13.1 Å². The molecule has 2 amide bonds. The largest absolute Gasteiger partial charge is 0.496 e. The molecule has 6 nitrogen and oxygen atoms in total. The molecular formula is C38H37N3O3S. The van der Waals surface area contributed by atoms with Crippen LogP contribution in [0.1, 0.15) is 64.4 Å². The second-order valence-corrected chi connectivity index (χ2v) is 14.8. The molecule has 9 rings (SSSR count). The maximum Gasteiger partial charge on any atom is 0.254 e. The van der Waals surface area contributed by atoms with E-state index in [2.05, 4.69) is 71.1 Å². The summed E-state index contributed by atoms with van der Waals surface area (Å²) < 4.78 is 9.57. The molecule has 2 bridgehead atoms. The first-order valence-electron chi connectivity index (χ1n) is 16.3. The third-order valence-corrected chi connectivity index (χ3v) is 12.4. The number of nitrogens with zero attached hydrogens (tertiary/aromatic N) is 2. The molecule has 0 spiro atoms. The molecule has 2 saturated carbocycles. The Morgan fingerprint density at radius 2 is 1.84 bits per heavy atom. The van der Waals surface area contributed by atoms with Crippen molar-refractivity contribution in [2.24, 2.45) is 17.8 Å². The zero-order chi connectivity index (χ0) is 30.6. The summed E-state index contributed by atoms with van der Waals surface area (Å²) in [4.78, 5) is 29.6. The molecule has 45 heavy (non-hydrogen) atoms. The maximum atomic E-state index is 13.8. The van der Waals surface area contributed by atoms with Crippen molar-refractivity contribution >= 4 is 44.1 Å². The van der Waals surface area contributed by atoms with Gasteiger partial charge in [-0.05, 0) is 103 Å². The number of hydrogen-bond donors (Lipinski definition) is 1. The average molecular weight is 616 g/mol. The number of methoxy groups -OCH3 is 1. The van der Waals surface area contributed by atoms with Gasteiger partial charge >= 0.3 is 0 Å². The Hall–Kier alpha value is -4.10. The van der Waals surface area contributed by atoms with E-state index >= 15 is 0 Å². The molecule has 2 aromatic heterocycles. The molecular weight excluding hydrogens is 579 g/mol. The smallest absolute Gasteiger partial charge is 0.254 e. The molecule has 4 aliphatic rings. The Bertz CT molecular complexity index is 2070. The first kappa shape index (κ1) is 27.2. The van der Waals surface area contributed by atoms with Crippen LogP contribution in [0.4, 0.5) is 0 Å². The van der Waals surface area contributed by atoms with Gasteiger partial charge in [0.05, 0.1) is 17.7 Å². The Morgan fingerprint density at radius 1 is 1.02 bits per heavy atom. The number of thiophene rings is 1. The van der Waals surface area contributed by atoms with Crippen molar-refractivity contribution in [3.05, 3.63) is 76.9 Å². The lowest BCUT2D eigenvalue weighted by Crippen LogP contribution is -2.38. The summed E-state index contributed by atoms with van der Waals surface area (Å²) in [7, 11) is 1.72. The normalized spacial score (nSPS) is 22.1. The number of aromatic nitrogens is 1. The van der Waals surface area contributed by atoms with E-state index in [-0.39, 0.29) is 11.8 Å². The number of rotatable bonds is 6. The summed E-state index contributed by atoms with van der Waals surface area (Å²) in [5, 5.41) is 5.25. The molecule has 3 atom stereocenters.